The lowest BCUT2D eigenvalue weighted by atomic mass is 10.1. The zero-order valence-electron chi connectivity index (χ0n) is 13.6. The summed E-state index contributed by atoms with van der Waals surface area (Å²) < 4.78 is 1.62. The van der Waals surface area contributed by atoms with Crippen LogP contribution in [0.3, 0.4) is 0 Å². The predicted octanol–water partition coefficient (Wildman–Crippen LogP) is 4.65. The molecule has 0 spiro atoms. The molecule has 1 amide bonds. The molecule has 0 aliphatic carbocycles. The Hall–Kier alpha value is -2.30. The number of carbonyl (C=O) groups is 1. The Morgan fingerprint density at radius 3 is 2.60 bits per heavy atom. The van der Waals surface area contributed by atoms with E-state index in [-0.39, 0.29) is 17.9 Å². The second-order valence-electron chi connectivity index (χ2n) is 5.76. The fraction of sp³-hybridized carbons (Fsp3) is 0.158. The maximum Gasteiger partial charge on any atom is 0.251 e. The number of aryl methyl sites for hydroxylation is 2. The third-order valence-corrected chi connectivity index (χ3v) is 4.73. The van der Waals surface area contributed by atoms with Crippen LogP contribution in [0.2, 0.25) is 10.0 Å². The zero-order valence-corrected chi connectivity index (χ0v) is 15.1. The van der Waals surface area contributed by atoms with E-state index in [0.717, 1.165) is 16.5 Å². The van der Waals surface area contributed by atoms with E-state index in [1.807, 2.05) is 31.2 Å². The second kappa shape index (κ2) is 7.30. The number of amides is 1. The first kappa shape index (κ1) is 17.5. The third kappa shape index (κ3) is 3.86. The van der Waals surface area contributed by atoms with Gasteiger partial charge in [0.05, 0.1) is 15.6 Å². The summed E-state index contributed by atoms with van der Waals surface area (Å²) in [5.74, 6) is -0.199. The van der Waals surface area contributed by atoms with Crippen molar-refractivity contribution in [2.75, 3.05) is 5.32 Å². The topological polar surface area (TPSA) is 51.1 Å². The number of carbonyl (C=O) groups excluding carboxylic acids is 1. The first-order valence-electron chi connectivity index (χ1n) is 7.80. The van der Waals surface area contributed by atoms with Gasteiger partial charge >= 0.3 is 0 Å². The molecule has 0 unspecified atom stereocenters. The predicted molar refractivity (Wildman–Crippen MR) is 103 cm³/mol. The van der Waals surface area contributed by atoms with Crippen LogP contribution in [-0.4, -0.2) is 10.5 Å². The van der Waals surface area contributed by atoms with Crippen LogP contribution < -0.4 is 10.9 Å². The number of nitrogens with one attached hydrogen (secondary N) is 1. The number of hydrogen-bond donors (Lipinski definition) is 1. The number of benzene rings is 2. The van der Waals surface area contributed by atoms with Crippen molar-refractivity contribution in [2.24, 2.45) is 0 Å². The highest BCUT2D eigenvalue weighted by molar-refractivity contribution is 6.42. The summed E-state index contributed by atoms with van der Waals surface area (Å²) in [6.07, 6.45) is 0.174. The first-order valence-corrected chi connectivity index (χ1v) is 8.55. The number of para-hydroxylation sites is 1. The summed E-state index contributed by atoms with van der Waals surface area (Å²) in [6, 6.07) is 14.2. The minimum Gasteiger partial charge on any atom is -0.326 e. The standard InChI is InChI=1S/C19H16Cl2N2O2/c1-12-10-19(25)23(17-5-3-2-4-14(12)17)9-8-18(24)22-13-6-7-15(20)16(21)11-13/h2-7,10-11H,8-9H2,1H3,(H,22,24). The molecule has 6 heteroatoms. The molecule has 128 valence electrons. The average molecular weight is 375 g/mol. The molecule has 0 fully saturated rings. The SMILES string of the molecule is Cc1cc(=O)n(CCC(=O)Nc2ccc(Cl)c(Cl)c2)c2ccccc12. The van der Waals surface area contributed by atoms with Crippen molar-refractivity contribution in [1.29, 1.82) is 0 Å². The molecule has 4 nitrogen and oxygen atoms in total. The lowest BCUT2D eigenvalue weighted by Crippen LogP contribution is -2.23. The first-order chi connectivity index (χ1) is 12.0. The van der Waals surface area contributed by atoms with E-state index in [0.29, 0.717) is 22.3 Å². The van der Waals surface area contributed by atoms with Crippen LogP contribution in [0.1, 0.15) is 12.0 Å². The Morgan fingerprint density at radius 1 is 1.08 bits per heavy atom. The maximum absolute atomic E-state index is 12.3. The van der Waals surface area contributed by atoms with Gasteiger partial charge in [-0.1, -0.05) is 41.4 Å². The molecular weight excluding hydrogens is 359 g/mol. The van der Waals surface area contributed by atoms with Gasteiger partial charge in [0.1, 0.15) is 0 Å². The summed E-state index contributed by atoms with van der Waals surface area (Å²) >= 11 is 11.8. The van der Waals surface area contributed by atoms with Crippen LogP contribution in [0.15, 0.2) is 53.3 Å². The number of halogens is 2. The molecule has 0 bridgehead atoms. The van der Waals surface area contributed by atoms with Crippen molar-refractivity contribution in [3.63, 3.8) is 0 Å². The van der Waals surface area contributed by atoms with Crippen LogP contribution in [-0.2, 0) is 11.3 Å². The summed E-state index contributed by atoms with van der Waals surface area (Å²) in [5.41, 5.74) is 2.21. The molecule has 0 atom stereocenters. The number of nitrogens with zero attached hydrogens (tertiary/aromatic N) is 1. The maximum atomic E-state index is 12.3. The Kier molecular flexibility index (Phi) is 5.11. The fourth-order valence-corrected chi connectivity index (χ4v) is 3.04. The van der Waals surface area contributed by atoms with Crippen molar-refractivity contribution in [2.45, 2.75) is 19.9 Å². The Labute approximate surface area is 155 Å². The molecule has 3 aromatic rings. The Morgan fingerprint density at radius 2 is 1.84 bits per heavy atom. The van der Waals surface area contributed by atoms with Crippen LogP contribution >= 0.6 is 23.2 Å². The van der Waals surface area contributed by atoms with Gasteiger partial charge in [-0.25, -0.2) is 0 Å². The van der Waals surface area contributed by atoms with Gasteiger partial charge in [-0.3, -0.25) is 9.59 Å². The molecule has 0 saturated carbocycles. The van der Waals surface area contributed by atoms with Gasteiger partial charge in [0, 0.05) is 30.1 Å². The van der Waals surface area contributed by atoms with E-state index in [1.165, 1.54) is 0 Å². The normalized spacial score (nSPS) is 10.8. The lowest BCUT2D eigenvalue weighted by molar-refractivity contribution is -0.116. The van der Waals surface area contributed by atoms with Crippen molar-refractivity contribution >= 4 is 45.7 Å². The number of rotatable bonds is 4. The number of hydrogen-bond acceptors (Lipinski definition) is 2. The number of fused-ring (bicyclic) bond motifs is 1. The van der Waals surface area contributed by atoms with E-state index in [4.69, 9.17) is 23.2 Å². The molecule has 25 heavy (non-hydrogen) atoms. The molecule has 2 aromatic carbocycles. The average Bonchev–Trinajstić information content (AvgIpc) is 2.58. The second-order valence-corrected chi connectivity index (χ2v) is 6.58. The van der Waals surface area contributed by atoms with E-state index >= 15 is 0 Å². The van der Waals surface area contributed by atoms with Crippen molar-refractivity contribution in [1.82, 2.24) is 4.57 Å². The largest absolute Gasteiger partial charge is 0.326 e. The summed E-state index contributed by atoms with van der Waals surface area (Å²) in [5, 5.41) is 4.57. The van der Waals surface area contributed by atoms with E-state index in [9.17, 15) is 9.59 Å². The molecule has 1 N–H and O–H groups in total. The highest BCUT2D eigenvalue weighted by Crippen LogP contribution is 2.25. The van der Waals surface area contributed by atoms with E-state index < -0.39 is 0 Å². The van der Waals surface area contributed by atoms with Gasteiger partial charge in [-0.2, -0.15) is 0 Å². The van der Waals surface area contributed by atoms with Gasteiger partial charge < -0.3 is 9.88 Å². The molecule has 1 heterocycles. The summed E-state index contributed by atoms with van der Waals surface area (Å²) in [4.78, 5) is 24.5. The molecule has 0 aliphatic heterocycles. The number of anilines is 1. The van der Waals surface area contributed by atoms with Gasteiger partial charge in [0.2, 0.25) is 5.91 Å². The molecule has 3 rings (SSSR count). The van der Waals surface area contributed by atoms with Crippen molar-refractivity contribution in [3.8, 4) is 0 Å². The molecule has 0 aliphatic rings. The van der Waals surface area contributed by atoms with E-state index in [2.05, 4.69) is 5.32 Å². The number of aromatic nitrogens is 1. The highest BCUT2D eigenvalue weighted by atomic mass is 35.5. The van der Waals surface area contributed by atoms with E-state index in [1.54, 1.807) is 28.8 Å². The minimum atomic E-state index is -0.199. The van der Waals surface area contributed by atoms with Crippen LogP contribution in [0, 0.1) is 6.92 Å². The third-order valence-electron chi connectivity index (χ3n) is 3.99. The van der Waals surface area contributed by atoms with Gasteiger partial charge in [-0.05, 0) is 36.8 Å². The highest BCUT2D eigenvalue weighted by Gasteiger charge is 2.09. The Balaban J connectivity index is 1.77. The van der Waals surface area contributed by atoms with Crippen molar-refractivity contribution in [3.05, 3.63) is 74.5 Å². The molecular formula is C19H16Cl2N2O2. The monoisotopic (exact) mass is 374 g/mol. The molecule has 1 aromatic heterocycles. The summed E-state index contributed by atoms with van der Waals surface area (Å²) in [6.45, 7) is 2.21. The van der Waals surface area contributed by atoms with Gasteiger partial charge in [0.15, 0.2) is 0 Å². The van der Waals surface area contributed by atoms with Crippen LogP contribution in [0.4, 0.5) is 5.69 Å². The molecule has 0 saturated heterocycles. The van der Waals surface area contributed by atoms with Crippen molar-refractivity contribution < 1.29 is 4.79 Å². The fourth-order valence-electron chi connectivity index (χ4n) is 2.74. The number of pyridine rings is 1. The van der Waals surface area contributed by atoms with Gasteiger partial charge in [0.25, 0.3) is 5.56 Å². The quantitative estimate of drug-likeness (QED) is 0.722. The smallest absolute Gasteiger partial charge is 0.251 e. The van der Waals surface area contributed by atoms with Crippen LogP contribution in [0.5, 0.6) is 0 Å². The molecule has 0 radical (unpaired) electrons. The zero-order chi connectivity index (χ0) is 18.0. The van der Waals surface area contributed by atoms with Gasteiger partial charge in [-0.15, -0.1) is 0 Å². The Bertz CT molecular complexity index is 1010. The van der Waals surface area contributed by atoms with Crippen LogP contribution in [0.25, 0.3) is 10.9 Å². The summed E-state index contributed by atoms with van der Waals surface area (Å²) in [7, 11) is 0. The minimum absolute atomic E-state index is 0.112. The lowest BCUT2D eigenvalue weighted by Gasteiger charge is -2.12.